The number of Topliss-reactive ketones (excluding diaryl/α,β-unsaturated/α-hetero) is 1. The monoisotopic (exact) mass is 269 g/mol. The van der Waals surface area contributed by atoms with Gasteiger partial charge in [0.25, 0.3) is 0 Å². The molecule has 0 atom stereocenters. The van der Waals surface area contributed by atoms with E-state index in [0.29, 0.717) is 17.7 Å². The highest BCUT2D eigenvalue weighted by Gasteiger charge is 2.26. The number of ketones is 1. The summed E-state index contributed by atoms with van der Waals surface area (Å²) in [6, 6.07) is 9.48. The van der Waals surface area contributed by atoms with Gasteiger partial charge in [0.1, 0.15) is 12.3 Å². The Morgan fingerprint density at radius 2 is 2.00 bits per heavy atom. The van der Waals surface area contributed by atoms with E-state index in [1.807, 2.05) is 30.3 Å². The van der Waals surface area contributed by atoms with Crippen LogP contribution in [0.1, 0.15) is 44.8 Å². The molecule has 1 aromatic carbocycles. The Kier molecular flexibility index (Phi) is 3.37. The van der Waals surface area contributed by atoms with Crippen LogP contribution in [0.5, 0.6) is 0 Å². The zero-order valence-electron chi connectivity index (χ0n) is 11.0. The molecule has 1 heterocycles. The predicted octanol–water partition coefficient (Wildman–Crippen LogP) is 2.89. The van der Waals surface area contributed by atoms with Gasteiger partial charge in [0, 0.05) is 12.6 Å². The molecule has 0 unspecified atom stereocenters. The Hall–Kier alpha value is -2.36. The zero-order chi connectivity index (χ0) is 13.9. The number of carbonyl (C=O) groups excluding carboxylic acids is 2. The molecule has 3 rings (SSSR count). The molecule has 4 nitrogen and oxygen atoms in total. The average Bonchev–Trinajstić information content (AvgIpc) is 2.91. The second-order valence-electron chi connectivity index (χ2n) is 4.90. The number of benzene rings is 1. The van der Waals surface area contributed by atoms with Crippen molar-refractivity contribution in [3.05, 3.63) is 58.9 Å². The van der Waals surface area contributed by atoms with Crippen LogP contribution < -0.4 is 0 Å². The number of fused-ring (bicyclic) bond motifs is 1. The van der Waals surface area contributed by atoms with E-state index in [0.717, 1.165) is 24.0 Å². The smallest absolute Gasteiger partial charge is 0.355 e. The fraction of sp³-hybridized carbons (Fsp3) is 0.250. The van der Waals surface area contributed by atoms with Crippen LogP contribution in [-0.4, -0.2) is 16.7 Å². The number of aryl methyl sites for hydroxylation is 1. The lowest BCUT2D eigenvalue weighted by molar-refractivity contribution is 0.0463. The second-order valence-corrected chi connectivity index (χ2v) is 4.90. The Balaban J connectivity index is 1.75. The van der Waals surface area contributed by atoms with Crippen molar-refractivity contribution in [2.45, 2.75) is 25.9 Å². The van der Waals surface area contributed by atoms with Gasteiger partial charge in [-0.1, -0.05) is 30.3 Å². The third-order valence-electron chi connectivity index (χ3n) is 3.51. The van der Waals surface area contributed by atoms with E-state index in [4.69, 9.17) is 4.74 Å². The summed E-state index contributed by atoms with van der Waals surface area (Å²) >= 11 is 0. The summed E-state index contributed by atoms with van der Waals surface area (Å²) in [4.78, 5) is 26.9. The summed E-state index contributed by atoms with van der Waals surface area (Å²) < 4.78 is 5.26. The predicted molar refractivity (Wildman–Crippen MR) is 73.6 cm³/mol. The highest BCUT2D eigenvalue weighted by molar-refractivity contribution is 6.07. The molecule has 0 saturated heterocycles. The van der Waals surface area contributed by atoms with E-state index in [-0.39, 0.29) is 12.4 Å². The first-order chi connectivity index (χ1) is 9.75. The maximum Gasteiger partial charge on any atom is 0.355 e. The summed E-state index contributed by atoms with van der Waals surface area (Å²) in [7, 11) is 0. The topological polar surface area (TPSA) is 59.2 Å². The molecule has 0 bridgehead atoms. The van der Waals surface area contributed by atoms with E-state index in [1.54, 1.807) is 6.20 Å². The number of nitrogens with one attached hydrogen (secondary N) is 1. The van der Waals surface area contributed by atoms with E-state index in [9.17, 15) is 9.59 Å². The molecule has 1 aliphatic rings. The Morgan fingerprint density at radius 1 is 1.20 bits per heavy atom. The molecule has 0 aliphatic heterocycles. The van der Waals surface area contributed by atoms with E-state index < -0.39 is 5.97 Å². The van der Waals surface area contributed by atoms with Crippen LogP contribution in [0.15, 0.2) is 36.5 Å². The third kappa shape index (κ3) is 2.37. The van der Waals surface area contributed by atoms with Gasteiger partial charge in [0.15, 0.2) is 5.78 Å². The highest BCUT2D eigenvalue weighted by Crippen LogP contribution is 2.24. The molecule has 0 amide bonds. The average molecular weight is 269 g/mol. The number of hydrogen-bond acceptors (Lipinski definition) is 3. The van der Waals surface area contributed by atoms with Crippen LogP contribution in [0.4, 0.5) is 0 Å². The number of ether oxygens (including phenoxy) is 1. The SMILES string of the molecule is O=C(OCc1ccccc1)c1[nH]cc2c1C(=O)CCC2. The molecule has 2 aromatic rings. The lowest BCUT2D eigenvalue weighted by Crippen LogP contribution is -2.15. The maximum absolute atomic E-state index is 12.1. The minimum Gasteiger partial charge on any atom is -0.456 e. The first kappa shape index (κ1) is 12.7. The van der Waals surface area contributed by atoms with Gasteiger partial charge < -0.3 is 9.72 Å². The standard InChI is InChI=1S/C16H15NO3/c18-13-8-4-7-12-9-17-15(14(12)13)16(19)20-10-11-5-2-1-3-6-11/h1-3,5-6,9,17H,4,7-8,10H2. The summed E-state index contributed by atoms with van der Waals surface area (Å²) in [5.41, 5.74) is 2.66. The first-order valence-electron chi connectivity index (χ1n) is 6.70. The number of H-pyrrole nitrogens is 1. The van der Waals surface area contributed by atoms with Crippen molar-refractivity contribution >= 4 is 11.8 Å². The Labute approximate surface area is 116 Å². The molecule has 0 spiro atoms. The summed E-state index contributed by atoms with van der Waals surface area (Å²) in [6.07, 6.45) is 3.93. The van der Waals surface area contributed by atoms with E-state index >= 15 is 0 Å². The van der Waals surface area contributed by atoms with Crippen LogP contribution in [0, 0.1) is 0 Å². The minimum atomic E-state index is -0.467. The number of esters is 1. The van der Waals surface area contributed by atoms with Crippen molar-refractivity contribution in [2.75, 3.05) is 0 Å². The molecule has 102 valence electrons. The fourth-order valence-corrected chi connectivity index (χ4v) is 2.50. The van der Waals surface area contributed by atoms with Crippen LogP contribution >= 0.6 is 0 Å². The van der Waals surface area contributed by atoms with Crippen molar-refractivity contribution in [2.24, 2.45) is 0 Å². The van der Waals surface area contributed by atoms with Crippen molar-refractivity contribution in [1.29, 1.82) is 0 Å². The maximum atomic E-state index is 12.1. The molecule has 4 heteroatoms. The normalized spacial score (nSPS) is 13.9. The highest BCUT2D eigenvalue weighted by atomic mass is 16.5. The van der Waals surface area contributed by atoms with Crippen molar-refractivity contribution in [3.8, 4) is 0 Å². The van der Waals surface area contributed by atoms with Gasteiger partial charge in [-0.15, -0.1) is 0 Å². The van der Waals surface area contributed by atoms with Crippen molar-refractivity contribution in [3.63, 3.8) is 0 Å². The Morgan fingerprint density at radius 3 is 2.80 bits per heavy atom. The van der Waals surface area contributed by atoms with Gasteiger partial charge in [0.2, 0.25) is 0 Å². The molecular weight excluding hydrogens is 254 g/mol. The molecule has 1 N–H and O–H groups in total. The van der Waals surface area contributed by atoms with Crippen molar-refractivity contribution < 1.29 is 14.3 Å². The quantitative estimate of drug-likeness (QED) is 0.871. The number of rotatable bonds is 3. The molecule has 1 aliphatic carbocycles. The summed E-state index contributed by atoms with van der Waals surface area (Å²) in [5.74, 6) is -0.440. The zero-order valence-corrected chi connectivity index (χ0v) is 11.0. The largest absolute Gasteiger partial charge is 0.456 e. The van der Waals surface area contributed by atoms with Gasteiger partial charge >= 0.3 is 5.97 Å². The van der Waals surface area contributed by atoms with E-state index in [1.165, 1.54) is 0 Å². The van der Waals surface area contributed by atoms with E-state index in [2.05, 4.69) is 4.98 Å². The van der Waals surface area contributed by atoms with Gasteiger partial charge in [-0.3, -0.25) is 4.79 Å². The molecule has 0 saturated carbocycles. The lowest BCUT2D eigenvalue weighted by atomic mass is 9.92. The van der Waals surface area contributed by atoms with Crippen LogP contribution in [0.25, 0.3) is 0 Å². The van der Waals surface area contributed by atoms with Crippen LogP contribution in [-0.2, 0) is 17.8 Å². The number of aromatic amines is 1. The molecular formula is C16H15NO3. The first-order valence-corrected chi connectivity index (χ1v) is 6.70. The minimum absolute atomic E-state index is 0.0270. The second kappa shape index (κ2) is 5.33. The molecule has 0 radical (unpaired) electrons. The summed E-state index contributed by atoms with van der Waals surface area (Å²) in [5, 5.41) is 0. The third-order valence-corrected chi connectivity index (χ3v) is 3.51. The number of aromatic nitrogens is 1. The van der Waals surface area contributed by atoms with Crippen LogP contribution in [0.3, 0.4) is 0 Å². The van der Waals surface area contributed by atoms with Gasteiger partial charge in [-0.05, 0) is 24.0 Å². The molecule has 1 aromatic heterocycles. The van der Waals surface area contributed by atoms with Crippen molar-refractivity contribution in [1.82, 2.24) is 4.98 Å². The van der Waals surface area contributed by atoms with Gasteiger partial charge in [0.05, 0.1) is 5.56 Å². The fourth-order valence-electron chi connectivity index (χ4n) is 2.50. The lowest BCUT2D eigenvalue weighted by Gasteiger charge is -2.11. The Bertz CT molecular complexity index is 643. The van der Waals surface area contributed by atoms with Crippen LogP contribution in [0.2, 0.25) is 0 Å². The number of hydrogen-bond donors (Lipinski definition) is 1. The van der Waals surface area contributed by atoms with Gasteiger partial charge in [-0.25, -0.2) is 4.79 Å². The molecule has 0 fully saturated rings. The van der Waals surface area contributed by atoms with Gasteiger partial charge in [-0.2, -0.15) is 0 Å². The summed E-state index contributed by atoms with van der Waals surface area (Å²) in [6.45, 7) is 0.210. The molecule has 20 heavy (non-hydrogen) atoms. The number of carbonyl (C=O) groups is 2.